The molecule has 0 radical (unpaired) electrons. The van der Waals surface area contributed by atoms with E-state index in [0.717, 1.165) is 0 Å². The highest BCUT2D eigenvalue weighted by Crippen LogP contribution is 2.38. The second kappa shape index (κ2) is 5.55. The van der Waals surface area contributed by atoms with Gasteiger partial charge < -0.3 is 24.8 Å². The quantitative estimate of drug-likeness (QED) is 0.694. The van der Waals surface area contributed by atoms with Gasteiger partial charge in [0.2, 0.25) is 0 Å². The number of aliphatic hydroxyl groups is 3. The van der Waals surface area contributed by atoms with Crippen LogP contribution in [0, 0.1) is 11.3 Å². The summed E-state index contributed by atoms with van der Waals surface area (Å²) < 4.78 is 10.6. The van der Waals surface area contributed by atoms with Crippen LogP contribution in [-0.4, -0.2) is 47.3 Å². The van der Waals surface area contributed by atoms with Crippen molar-refractivity contribution in [1.82, 2.24) is 0 Å². The maximum absolute atomic E-state index is 9.95. The third-order valence-electron chi connectivity index (χ3n) is 3.21. The zero-order valence-electron chi connectivity index (χ0n) is 10.4. The summed E-state index contributed by atoms with van der Waals surface area (Å²) in [6, 6.07) is 6.70. The van der Waals surface area contributed by atoms with Crippen LogP contribution in [0.25, 0.3) is 0 Å². The molecule has 0 bridgehead atoms. The lowest BCUT2D eigenvalue weighted by Crippen LogP contribution is -2.32. The van der Waals surface area contributed by atoms with E-state index in [1.165, 1.54) is 13.2 Å². The fraction of sp³-hybridized carbons (Fsp3) is 0.462. The molecule has 1 aromatic rings. The maximum atomic E-state index is 9.95. The Balaban J connectivity index is 2.35. The summed E-state index contributed by atoms with van der Waals surface area (Å²) in [5.74, 6) is 0.397. The van der Waals surface area contributed by atoms with Crippen LogP contribution < -0.4 is 4.74 Å². The summed E-state index contributed by atoms with van der Waals surface area (Å²) in [6.45, 7) is -0.382. The molecule has 2 rings (SSSR count). The van der Waals surface area contributed by atoms with Gasteiger partial charge in [-0.15, -0.1) is 0 Å². The van der Waals surface area contributed by atoms with Crippen LogP contribution in [-0.2, 0) is 4.74 Å². The predicted molar refractivity (Wildman–Crippen MR) is 64.4 cm³/mol. The minimum absolute atomic E-state index is 0.382. The molecule has 6 nitrogen and oxygen atoms in total. The molecule has 0 aliphatic carbocycles. The molecule has 102 valence electrons. The Bertz CT molecular complexity index is 498. The van der Waals surface area contributed by atoms with Gasteiger partial charge in [-0.25, -0.2) is 0 Å². The zero-order valence-corrected chi connectivity index (χ0v) is 10.4. The number of aliphatic hydroxyl groups excluding tert-OH is 3. The number of benzene rings is 1. The third kappa shape index (κ3) is 2.41. The largest absolute Gasteiger partial charge is 0.496 e. The molecule has 1 aromatic carbocycles. The smallest absolute Gasteiger partial charge is 0.126 e. The number of methoxy groups -OCH3 is 1. The zero-order chi connectivity index (χ0) is 14.0. The Morgan fingerprint density at radius 3 is 2.63 bits per heavy atom. The molecule has 3 N–H and O–H groups in total. The van der Waals surface area contributed by atoms with Gasteiger partial charge in [-0.05, 0) is 12.1 Å². The third-order valence-corrected chi connectivity index (χ3v) is 3.21. The number of nitriles is 1. The van der Waals surface area contributed by atoms with Crippen molar-refractivity contribution in [2.24, 2.45) is 0 Å². The molecular formula is C13H15NO5. The van der Waals surface area contributed by atoms with Gasteiger partial charge in [-0.2, -0.15) is 5.26 Å². The molecule has 0 aromatic heterocycles. The first-order valence-electron chi connectivity index (χ1n) is 5.82. The SMILES string of the molecule is COc1cc(C#N)ccc1C1OC(CO)C(O)C1O. The van der Waals surface area contributed by atoms with E-state index >= 15 is 0 Å². The standard InChI is InChI=1S/C13H15NO5/c1-18-9-4-7(5-14)2-3-8(9)13-12(17)11(16)10(6-15)19-13/h2-4,10-13,15-17H,6H2,1H3. The average molecular weight is 265 g/mol. The van der Waals surface area contributed by atoms with E-state index in [2.05, 4.69) is 0 Å². The number of nitrogens with zero attached hydrogens (tertiary/aromatic N) is 1. The molecule has 1 saturated heterocycles. The van der Waals surface area contributed by atoms with Crippen molar-refractivity contribution in [3.63, 3.8) is 0 Å². The highest BCUT2D eigenvalue weighted by atomic mass is 16.6. The van der Waals surface area contributed by atoms with Gasteiger partial charge in [-0.1, -0.05) is 6.07 Å². The normalized spacial score (nSPS) is 30.1. The van der Waals surface area contributed by atoms with Gasteiger partial charge in [0.25, 0.3) is 0 Å². The van der Waals surface area contributed by atoms with Crippen molar-refractivity contribution < 1.29 is 24.8 Å². The lowest BCUT2D eigenvalue weighted by molar-refractivity contribution is -0.0233. The van der Waals surface area contributed by atoms with Gasteiger partial charge in [-0.3, -0.25) is 0 Å². The fourth-order valence-electron chi connectivity index (χ4n) is 2.17. The summed E-state index contributed by atoms with van der Waals surface area (Å²) >= 11 is 0. The van der Waals surface area contributed by atoms with Gasteiger partial charge in [0, 0.05) is 5.56 Å². The Hall–Kier alpha value is -1.65. The molecule has 4 unspecified atom stereocenters. The molecule has 1 heterocycles. The van der Waals surface area contributed by atoms with Gasteiger partial charge in [0.05, 0.1) is 25.3 Å². The van der Waals surface area contributed by atoms with E-state index < -0.39 is 24.4 Å². The monoisotopic (exact) mass is 265 g/mol. The first-order chi connectivity index (χ1) is 9.12. The van der Waals surface area contributed by atoms with E-state index in [1.54, 1.807) is 12.1 Å². The summed E-state index contributed by atoms with van der Waals surface area (Å²) in [4.78, 5) is 0. The van der Waals surface area contributed by atoms with Crippen LogP contribution in [0.2, 0.25) is 0 Å². The highest BCUT2D eigenvalue weighted by Gasteiger charge is 2.43. The van der Waals surface area contributed by atoms with Gasteiger partial charge in [0.1, 0.15) is 30.2 Å². The van der Waals surface area contributed by atoms with Crippen LogP contribution >= 0.6 is 0 Å². The topological polar surface area (TPSA) is 103 Å². The van der Waals surface area contributed by atoms with E-state index in [-0.39, 0.29) is 6.61 Å². The van der Waals surface area contributed by atoms with E-state index in [0.29, 0.717) is 16.9 Å². The van der Waals surface area contributed by atoms with Crippen LogP contribution in [0.3, 0.4) is 0 Å². The second-order valence-electron chi connectivity index (χ2n) is 4.33. The number of rotatable bonds is 3. The predicted octanol–water partition coefficient (Wildman–Crippen LogP) is -0.279. The van der Waals surface area contributed by atoms with Crippen LogP contribution in [0.5, 0.6) is 5.75 Å². The van der Waals surface area contributed by atoms with Crippen molar-refractivity contribution >= 4 is 0 Å². The van der Waals surface area contributed by atoms with Crippen molar-refractivity contribution in [1.29, 1.82) is 5.26 Å². The molecule has 4 atom stereocenters. The average Bonchev–Trinajstić information content (AvgIpc) is 2.74. The van der Waals surface area contributed by atoms with Crippen molar-refractivity contribution in [2.75, 3.05) is 13.7 Å². The lowest BCUT2D eigenvalue weighted by atomic mass is 9.99. The Labute approximate surface area is 110 Å². The molecule has 19 heavy (non-hydrogen) atoms. The molecule has 1 aliphatic heterocycles. The van der Waals surface area contributed by atoms with Crippen molar-refractivity contribution in [3.8, 4) is 11.8 Å². The molecular weight excluding hydrogens is 250 g/mol. The van der Waals surface area contributed by atoms with Crippen LogP contribution in [0.15, 0.2) is 18.2 Å². The Kier molecular flexibility index (Phi) is 4.02. The second-order valence-corrected chi connectivity index (χ2v) is 4.33. The van der Waals surface area contributed by atoms with Crippen LogP contribution in [0.1, 0.15) is 17.2 Å². The Morgan fingerprint density at radius 2 is 2.11 bits per heavy atom. The molecule has 6 heteroatoms. The van der Waals surface area contributed by atoms with Crippen LogP contribution in [0.4, 0.5) is 0 Å². The fourth-order valence-corrected chi connectivity index (χ4v) is 2.17. The molecule has 0 amide bonds. The molecule has 1 fully saturated rings. The summed E-state index contributed by atoms with van der Waals surface area (Å²) in [5, 5.41) is 37.6. The number of hydrogen-bond donors (Lipinski definition) is 3. The van der Waals surface area contributed by atoms with E-state index in [4.69, 9.17) is 19.8 Å². The van der Waals surface area contributed by atoms with Gasteiger partial charge >= 0.3 is 0 Å². The first-order valence-corrected chi connectivity index (χ1v) is 5.82. The van der Waals surface area contributed by atoms with E-state index in [9.17, 15) is 10.2 Å². The lowest BCUT2D eigenvalue weighted by Gasteiger charge is -2.18. The number of ether oxygens (including phenoxy) is 2. The molecule has 0 saturated carbocycles. The Morgan fingerprint density at radius 1 is 1.37 bits per heavy atom. The first kappa shape index (κ1) is 13.8. The maximum Gasteiger partial charge on any atom is 0.126 e. The number of hydrogen-bond acceptors (Lipinski definition) is 6. The summed E-state index contributed by atoms with van der Waals surface area (Å²) in [6.07, 6.45) is -3.94. The minimum Gasteiger partial charge on any atom is -0.496 e. The molecule has 1 aliphatic rings. The van der Waals surface area contributed by atoms with Gasteiger partial charge in [0.15, 0.2) is 0 Å². The molecule has 0 spiro atoms. The van der Waals surface area contributed by atoms with Crippen molar-refractivity contribution in [2.45, 2.75) is 24.4 Å². The summed E-state index contributed by atoms with van der Waals surface area (Å²) in [7, 11) is 1.45. The minimum atomic E-state index is -1.16. The van der Waals surface area contributed by atoms with E-state index in [1.807, 2.05) is 6.07 Å². The highest BCUT2D eigenvalue weighted by molar-refractivity contribution is 5.44. The summed E-state index contributed by atoms with van der Waals surface area (Å²) in [5.41, 5.74) is 0.955. The van der Waals surface area contributed by atoms with Crippen molar-refractivity contribution in [3.05, 3.63) is 29.3 Å².